The molecule has 0 spiro atoms. The molecule has 25 heavy (non-hydrogen) atoms. The smallest absolute Gasteiger partial charge is 0.229 e. The quantitative estimate of drug-likeness (QED) is 0.618. The second-order valence-corrected chi connectivity index (χ2v) is 6.34. The largest absolute Gasteiger partial charge is 0.497 e. The maximum absolute atomic E-state index is 12.4. The van der Waals surface area contributed by atoms with E-state index in [4.69, 9.17) is 9.47 Å². The van der Waals surface area contributed by atoms with E-state index in [0.717, 1.165) is 37.4 Å². The van der Waals surface area contributed by atoms with Gasteiger partial charge in [-0.3, -0.25) is 9.79 Å². The molecule has 0 aliphatic carbocycles. The molecule has 2 aliphatic heterocycles. The summed E-state index contributed by atoms with van der Waals surface area (Å²) in [4.78, 5) is 18.4. The number of hydrogen-bond donors (Lipinski definition) is 2. The van der Waals surface area contributed by atoms with Gasteiger partial charge in [0.05, 0.1) is 19.3 Å². The summed E-state index contributed by atoms with van der Waals surface area (Å²) in [5, 5.41) is 6.63. The number of ether oxygens (including phenoxy) is 2. The molecule has 1 aromatic carbocycles. The Morgan fingerprint density at radius 3 is 3.08 bits per heavy atom. The Morgan fingerprint density at radius 1 is 1.48 bits per heavy atom. The lowest BCUT2D eigenvalue weighted by molar-refractivity contribution is -0.117. The molecule has 7 heteroatoms. The molecule has 2 aliphatic rings. The van der Waals surface area contributed by atoms with E-state index < -0.39 is 0 Å². The number of anilines is 1. The first kappa shape index (κ1) is 17.5. The molecule has 1 aromatic rings. The molecule has 2 atom stereocenters. The van der Waals surface area contributed by atoms with Gasteiger partial charge in [-0.25, -0.2) is 0 Å². The van der Waals surface area contributed by atoms with Gasteiger partial charge >= 0.3 is 0 Å². The summed E-state index contributed by atoms with van der Waals surface area (Å²) >= 11 is 0. The highest BCUT2D eigenvalue weighted by atomic mass is 16.5. The van der Waals surface area contributed by atoms with Crippen molar-refractivity contribution in [2.24, 2.45) is 4.99 Å². The van der Waals surface area contributed by atoms with Crippen molar-refractivity contribution >= 4 is 17.6 Å². The standard InChI is InChI=1S/C18H26N4O3/c1-19-18(20-11-16-7-4-8-25-16)21-13-9-17(23)22(12-13)14-5-3-6-15(10-14)24-2/h3,5-6,10,13,16H,4,7-9,11-12H2,1-2H3,(H2,19,20,21). The topological polar surface area (TPSA) is 75.2 Å². The van der Waals surface area contributed by atoms with Crippen LogP contribution in [-0.4, -0.2) is 57.9 Å². The van der Waals surface area contributed by atoms with E-state index in [1.807, 2.05) is 24.3 Å². The van der Waals surface area contributed by atoms with E-state index in [1.165, 1.54) is 0 Å². The minimum atomic E-state index is 0.0226. The molecule has 7 nitrogen and oxygen atoms in total. The highest BCUT2D eigenvalue weighted by Crippen LogP contribution is 2.25. The molecule has 0 bridgehead atoms. The van der Waals surface area contributed by atoms with Gasteiger partial charge in [0, 0.05) is 44.9 Å². The maximum Gasteiger partial charge on any atom is 0.229 e. The lowest BCUT2D eigenvalue weighted by atomic mass is 10.2. The number of nitrogens with one attached hydrogen (secondary N) is 2. The molecule has 0 saturated carbocycles. The second-order valence-electron chi connectivity index (χ2n) is 6.34. The third kappa shape index (κ3) is 4.42. The van der Waals surface area contributed by atoms with Gasteiger partial charge in [0.2, 0.25) is 5.91 Å². The van der Waals surface area contributed by atoms with Crippen LogP contribution in [0.15, 0.2) is 29.3 Å². The number of carbonyl (C=O) groups is 1. The first-order valence-corrected chi connectivity index (χ1v) is 8.73. The number of carbonyl (C=O) groups excluding carboxylic acids is 1. The number of hydrogen-bond acceptors (Lipinski definition) is 4. The Kier molecular flexibility index (Phi) is 5.75. The third-order valence-corrected chi connectivity index (χ3v) is 4.58. The van der Waals surface area contributed by atoms with E-state index >= 15 is 0 Å². The van der Waals surface area contributed by atoms with Crippen LogP contribution in [0.4, 0.5) is 5.69 Å². The SMILES string of the molecule is CN=C(NCC1CCCO1)NC1CC(=O)N(c2cccc(OC)c2)C1. The number of benzene rings is 1. The van der Waals surface area contributed by atoms with Crippen LogP contribution in [0.3, 0.4) is 0 Å². The molecule has 3 rings (SSSR count). The van der Waals surface area contributed by atoms with Crippen LogP contribution in [0.25, 0.3) is 0 Å². The summed E-state index contributed by atoms with van der Waals surface area (Å²) in [6.07, 6.45) is 2.88. The zero-order valence-electron chi connectivity index (χ0n) is 14.8. The van der Waals surface area contributed by atoms with Gasteiger partial charge in [-0.15, -0.1) is 0 Å². The number of aliphatic imine (C=N–C) groups is 1. The fraction of sp³-hybridized carbons (Fsp3) is 0.556. The van der Waals surface area contributed by atoms with Gasteiger partial charge in [0.1, 0.15) is 5.75 Å². The summed E-state index contributed by atoms with van der Waals surface area (Å²) in [7, 11) is 3.36. The number of nitrogens with zero attached hydrogens (tertiary/aromatic N) is 2. The second kappa shape index (κ2) is 8.20. The average Bonchev–Trinajstić information content (AvgIpc) is 3.28. The predicted octanol–water partition coefficient (Wildman–Crippen LogP) is 1.14. The fourth-order valence-electron chi connectivity index (χ4n) is 3.24. The van der Waals surface area contributed by atoms with Gasteiger partial charge in [-0.05, 0) is 25.0 Å². The molecule has 2 N–H and O–H groups in total. The monoisotopic (exact) mass is 346 g/mol. The first-order chi connectivity index (χ1) is 12.2. The lowest BCUT2D eigenvalue weighted by Gasteiger charge is -2.20. The normalized spacial score (nSPS) is 23.8. The first-order valence-electron chi connectivity index (χ1n) is 8.73. The zero-order valence-corrected chi connectivity index (χ0v) is 14.8. The van der Waals surface area contributed by atoms with Crippen molar-refractivity contribution in [2.45, 2.75) is 31.4 Å². The van der Waals surface area contributed by atoms with Crippen LogP contribution in [0.1, 0.15) is 19.3 Å². The Labute approximate surface area is 148 Å². The van der Waals surface area contributed by atoms with Crippen molar-refractivity contribution in [3.05, 3.63) is 24.3 Å². The molecular weight excluding hydrogens is 320 g/mol. The van der Waals surface area contributed by atoms with Crippen molar-refractivity contribution in [1.82, 2.24) is 10.6 Å². The van der Waals surface area contributed by atoms with E-state index in [-0.39, 0.29) is 18.1 Å². The van der Waals surface area contributed by atoms with Crippen LogP contribution >= 0.6 is 0 Å². The van der Waals surface area contributed by atoms with E-state index in [1.54, 1.807) is 19.1 Å². The Morgan fingerprint density at radius 2 is 2.36 bits per heavy atom. The van der Waals surface area contributed by atoms with Crippen LogP contribution in [0.5, 0.6) is 5.75 Å². The minimum absolute atomic E-state index is 0.0226. The van der Waals surface area contributed by atoms with E-state index in [2.05, 4.69) is 15.6 Å². The van der Waals surface area contributed by atoms with Crippen molar-refractivity contribution in [1.29, 1.82) is 0 Å². The summed E-state index contributed by atoms with van der Waals surface area (Å²) in [6.45, 7) is 2.18. The lowest BCUT2D eigenvalue weighted by Crippen LogP contribution is -2.46. The average molecular weight is 346 g/mol. The van der Waals surface area contributed by atoms with Crippen LogP contribution < -0.4 is 20.3 Å². The molecule has 2 heterocycles. The van der Waals surface area contributed by atoms with Gasteiger partial charge in [0.15, 0.2) is 5.96 Å². The molecule has 2 fully saturated rings. The van der Waals surface area contributed by atoms with Gasteiger partial charge in [-0.1, -0.05) is 6.07 Å². The highest BCUT2D eigenvalue weighted by Gasteiger charge is 2.31. The molecule has 0 radical (unpaired) electrons. The number of rotatable bonds is 5. The predicted molar refractivity (Wildman–Crippen MR) is 97.2 cm³/mol. The van der Waals surface area contributed by atoms with Crippen LogP contribution in [-0.2, 0) is 9.53 Å². The van der Waals surface area contributed by atoms with Crippen molar-refractivity contribution in [2.75, 3.05) is 38.8 Å². The number of guanidine groups is 1. The molecule has 136 valence electrons. The minimum Gasteiger partial charge on any atom is -0.497 e. The molecular formula is C18H26N4O3. The van der Waals surface area contributed by atoms with Crippen LogP contribution in [0.2, 0.25) is 0 Å². The third-order valence-electron chi connectivity index (χ3n) is 4.58. The Bertz CT molecular complexity index is 629. The van der Waals surface area contributed by atoms with Crippen molar-refractivity contribution in [3.63, 3.8) is 0 Å². The summed E-state index contributed by atoms with van der Waals surface area (Å²) in [5.74, 6) is 1.55. The zero-order chi connectivity index (χ0) is 17.6. The molecule has 0 aromatic heterocycles. The highest BCUT2D eigenvalue weighted by molar-refractivity contribution is 5.97. The van der Waals surface area contributed by atoms with E-state index in [9.17, 15) is 4.79 Å². The van der Waals surface area contributed by atoms with Crippen LogP contribution in [0, 0.1) is 0 Å². The maximum atomic E-state index is 12.4. The Hall–Kier alpha value is -2.28. The van der Waals surface area contributed by atoms with Crippen molar-refractivity contribution in [3.8, 4) is 5.75 Å². The number of methoxy groups -OCH3 is 1. The van der Waals surface area contributed by atoms with E-state index in [0.29, 0.717) is 18.9 Å². The van der Waals surface area contributed by atoms with Gasteiger partial charge in [0.25, 0.3) is 0 Å². The molecule has 1 amide bonds. The molecule has 2 saturated heterocycles. The fourth-order valence-corrected chi connectivity index (χ4v) is 3.24. The molecule has 2 unspecified atom stereocenters. The van der Waals surface area contributed by atoms with Gasteiger partial charge < -0.3 is 25.0 Å². The number of amides is 1. The Balaban J connectivity index is 1.55. The summed E-state index contributed by atoms with van der Waals surface area (Å²) in [6, 6.07) is 7.59. The van der Waals surface area contributed by atoms with Crippen molar-refractivity contribution < 1.29 is 14.3 Å². The van der Waals surface area contributed by atoms with Gasteiger partial charge in [-0.2, -0.15) is 0 Å². The summed E-state index contributed by atoms with van der Waals surface area (Å²) < 4.78 is 10.9. The summed E-state index contributed by atoms with van der Waals surface area (Å²) in [5.41, 5.74) is 0.857.